The number of rotatable bonds is 6. The van der Waals surface area contributed by atoms with Gasteiger partial charge in [-0.1, -0.05) is 32.9 Å². The summed E-state index contributed by atoms with van der Waals surface area (Å²) in [5.74, 6) is 0.944. The Hall–Kier alpha value is -1.35. The van der Waals surface area contributed by atoms with Crippen molar-refractivity contribution in [1.82, 2.24) is 10.6 Å². The molecule has 0 fully saturated rings. The standard InChI is InChI=1S/C15H24N2O/c1-11(2)13-5-7-14(8-6-13)15(18)17-10-12(3)9-16-4/h5-8,11-12,16H,9-10H2,1-4H3,(H,17,18). The fraction of sp³-hybridized carbons (Fsp3) is 0.533. The van der Waals surface area contributed by atoms with E-state index in [0.29, 0.717) is 18.4 Å². The zero-order valence-corrected chi connectivity index (χ0v) is 11.8. The Bertz CT molecular complexity index is 371. The minimum atomic E-state index is 0.00765. The van der Waals surface area contributed by atoms with E-state index in [9.17, 15) is 4.79 Å². The Morgan fingerprint density at radius 1 is 1.11 bits per heavy atom. The van der Waals surface area contributed by atoms with Gasteiger partial charge in [0.1, 0.15) is 0 Å². The van der Waals surface area contributed by atoms with Crippen LogP contribution in [0.5, 0.6) is 0 Å². The minimum absolute atomic E-state index is 0.00765. The Balaban J connectivity index is 2.51. The molecule has 0 bridgehead atoms. The highest BCUT2D eigenvalue weighted by Gasteiger charge is 2.08. The van der Waals surface area contributed by atoms with E-state index in [2.05, 4.69) is 31.4 Å². The lowest BCUT2D eigenvalue weighted by molar-refractivity contribution is 0.0948. The van der Waals surface area contributed by atoms with Crippen molar-refractivity contribution in [2.75, 3.05) is 20.1 Å². The maximum Gasteiger partial charge on any atom is 0.251 e. The number of carbonyl (C=O) groups is 1. The molecule has 100 valence electrons. The SMILES string of the molecule is CNCC(C)CNC(=O)c1ccc(C(C)C)cc1. The molecule has 0 radical (unpaired) electrons. The molecular weight excluding hydrogens is 224 g/mol. The molecule has 0 spiro atoms. The normalized spacial score (nSPS) is 12.5. The van der Waals surface area contributed by atoms with Gasteiger partial charge in [0, 0.05) is 12.1 Å². The van der Waals surface area contributed by atoms with E-state index in [1.165, 1.54) is 5.56 Å². The van der Waals surface area contributed by atoms with Gasteiger partial charge in [-0.15, -0.1) is 0 Å². The summed E-state index contributed by atoms with van der Waals surface area (Å²) in [7, 11) is 1.92. The van der Waals surface area contributed by atoms with Crippen molar-refractivity contribution in [2.24, 2.45) is 5.92 Å². The van der Waals surface area contributed by atoms with Crippen LogP contribution < -0.4 is 10.6 Å². The fourth-order valence-electron chi connectivity index (χ4n) is 1.81. The van der Waals surface area contributed by atoms with Gasteiger partial charge in [0.15, 0.2) is 0 Å². The van der Waals surface area contributed by atoms with Gasteiger partial charge in [0.05, 0.1) is 0 Å². The Morgan fingerprint density at radius 3 is 2.22 bits per heavy atom. The predicted molar refractivity (Wildman–Crippen MR) is 76.0 cm³/mol. The van der Waals surface area contributed by atoms with Gasteiger partial charge >= 0.3 is 0 Å². The van der Waals surface area contributed by atoms with E-state index in [0.717, 1.165) is 12.1 Å². The van der Waals surface area contributed by atoms with Gasteiger partial charge < -0.3 is 10.6 Å². The van der Waals surface area contributed by atoms with E-state index >= 15 is 0 Å². The topological polar surface area (TPSA) is 41.1 Å². The summed E-state index contributed by atoms with van der Waals surface area (Å²) < 4.78 is 0. The molecule has 0 aromatic heterocycles. The number of nitrogens with one attached hydrogen (secondary N) is 2. The largest absolute Gasteiger partial charge is 0.352 e. The summed E-state index contributed by atoms with van der Waals surface area (Å²) in [5, 5.41) is 6.05. The molecule has 2 N–H and O–H groups in total. The van der Waals surface area contributed by atoms with Crippen LogP contribution in [0.25, 0.3) is 0 Å². The molecule has 1 atom stereocenters. The minimum Gasteiger partial charge on any atom is -0.352 e. The molecule has 1 unspecified atom stereocenters. The number of benzene rings is 1. The molecule has 0 heterocycles. The molecule has 0 aliphatic heterocycles. The molecule has 1 rings (SSSR count). The zero-order chi connectivity index (χ0) is 13.5. The number of hydrogen-bond donors (Lipinski definition) is 2. The first-order valence-corrected chi connectivity index (χ1v) is 6.57. The number of hydrogen-bond acceptors (Lipinski definition) is 2. The quantitative estimate of drug-likeness (QED) is 0.811. The van der Waals surface area contributed by atoms with Gasteiger partial charge in [-0.25, -0.2) is 0 Å². The second-order valence-corrected chi connectivity index (χ2v) is 5.15. The van der Waals surface area contributed by atoms with Gasteiger partial charge in [0.2, 0.25) is 0 Å². The molecule has 18 heavy (non-hydrogen) atoms. The summed E-state index contributed by atoms with van der Waals surface area (Å²) in [6.07, 6.45) is 0. The fourth-order valence-corrected chi connectivity index (χ4v) is 1.81. The smallest absolute Gasteiger partial charge is 0.251 e. The second kappa shape index (κ2) is 7.17. The third kappa shape index (κ3) is 4.49. The van der Waals surface area contributed by atoms with Crippen LogP contribution >= 0.6 is 0 Å². The zero-order valence-electron chi connectivity index (χ0n) is 11.8. The summed E-state index contributed by atoms with van der Waals surface area (Å²) in [6, 6.07) is 7.84. The van der Waals surface area contributed by atoms with Crippen molar-refractivity contribution < 1.29 is 4.79 Å². The van der Waals surface area contributed by atoms with Crippen molar-refractivity contribution in [2.45, 2.75) is 26.7 Å². The summed E-state index contributed by atoms with van der Waals surface area (Å²) in [4.78, 5) is 11.9. The van der Waals surface area contributed by atoms with Crippen LogP contribution in [0.2, 0.25) is 0 Å². The van der Waals surface area contributed by atoms with Crippen LogP contribution in [-0.4, -0.2) is 26.0 Å². The average Bonchev–Trinajstić information content (AvgIpc) is 2.36. The highest BCUT2D eigenvalue weighted by molar-refractivity contribution is 5.94. The van der Waals surface area contributed by atoms with E-state index in [4.69, 9.17) is 0 Å². The molecule has 1 aromatic carbocycles. The van der Waals surface area contributed by atoms with Crippen molar-refractivity contribution in [3.05, 3.63) is 35.4 Å². The van der Waals surface area contributed by atoms with Crippen LogP contribution in [-0.2, 0) is 0 Å². The summed E-state index contributed by atoms with van der Waals surface area (Å²) in [5.41, 5.74) is 1.99. The summed E-state index contributed by atoms with van der Waals surface area (Å²) in [6.45, 7) is 8.01. The van der Waals surface area contributed by atoms with E-state index < -0.39 is 0 Å². The highest BCUT2D eigenvalue weighted by atomic mass is 16.1. The first-order chi connectivity index (χ1) is 8.54. The Morgan fingerprint density at radius 2 is 1.72 bits per heavy atom. The molecule has 3 heteroatoms. The van der Waals surface area contributed by atoms with Crippen LogP contribution in [0.4, 0.5) is 0 Å². The van der Waals surface area contributed by atoms with Crippen molar-refractivity contribution in [3.8, 4) is 0 Å². The molecule has 1 amide bonds. The van der Waals surface area contributed by atoms with Crippen LogP contribution in [0.1, 0.15) is 42.6 Å². The maximum absolute atomic E-state index is 11.9. The lowest BCUT2D eigenvalue weighted by Crippen LogP contribution is -2.32. The number of amides is 1. The Kier molecular flexibility index (Phi) is 5.86. The van der Waals surface area contributed by atoms with E-state index in [1.54, 1.807) is 0 Å². The van der Waals surface area contributed by atoms with Crippen LogP contribution in [0, 0.1) is 5.92 Å². The van der Waals surface area contributed by atoms with Crippen molar-refractivity contribution in [3.63, 3.8) is 0 Å². The lowest BCUT2D eigenvalue weighted by Gasteiger charge is -2.12. The van der Waals surface area contributed by atoms with Gasteiger partial charge in [-0.05, 0) is 43.1 Å². The monoisotopic (exact) mass is 248 g/mol. The second-order valence-electron chi connectivity index (χ2n) is 5.15. The van der Waals surface area contributed by atoms with Crippen LogP contribution in [0.15, 0.2) is 24.3 Å². The van der Waals surface area contributed by atoms with Gasteiger partial charge in [-0.2, -0.15) is 0 Å². The molecule has 0 saturated heterocycles. The lowest BCUT2D eigenvalue weighted by atomic mass is 10.0. The molecule has 0 saturated carbocycles. The average molecular weight is 248 g/mol. The highest BCUT2D eigenvalue weighted by Crippen LogP contribution is 2.14. The third-order valence-corrected chi connectivity index (χ3v) is 3.00. The molecule has 1 aromatic rings. The third-order valence-electron chi connectivity index (χ3n) is 3.00. The van der Waals surface area contributed by atoms with Crippen LogP contribution in [0.3, 0.4) is 0 Å². The molecule has 0 aliphatic rings. The molecule has 0 aliphatic carbocycles. The Labute approximate surface area is 110 Å². The van der Waals surface area contributed by atoms with E-state index in [-0.39, 0.29) is 5.91 Å². The summed E-state index contributed by atoms with van der Waals surface area (Å²) >= 11 is 0. The van der Waals surface area contributed by atoms with Gasteiger partial charge in [0.25, 0.3) is 5.91 Å². The van der Waals surface area contributed by atoms with Crippen molar-refractivity contribution in [1.29, 1.82) is 0 Å². The maximum atomic E-state index is 11.9. The van der Waals surface area contributed by atoms with Gasteiger partial charge in [-0.3, -0.25) is 4.79 Å². The predicted octanol–water partition coefficient (Wildman–Crippen LogP) is 2.40. The number of carbonyl (C=O) groups excluding carboxylic acids is 1. The molecular formula is C15H24N2O. The van der Waals surface area contributed by atoms with Crippen molar-refractivity contribution >= 4 is 5.91 Å². The van der Waals surface area contributed by atoms with E-state index in [1.807, 2.05) is 31.3 Å². The molecule has 3 nitrogen and oxygen atoms in total. The first kappa shape index (κ1) is 14.7. The first-order valence-electron chi connectivity index (χ1n) is 6.57.